The van der Waals surface area contributed by atoms with Crippen molar-refractivity contribution in [3.05, 3.63) is 70.1 Å². The van der Waals surface area contributed by atoms with E-state index in [4.69, 9.17) is 0 Å². The molecule has 0 bridgehead atoms. The van der Waals surface area contributed by atoms with E-state index in [1.165, 1.54) is 0 Å². The summed E-state index contributed by atoms with van der Waals surface area (Å²) in [7, 11) is 1.78. The summed E-state index contributed by atoms with van der Waals surface area (Å²) in [6.45, 7) is 0.547. The monoisotopic (exact) mass is 401 g/mol. The Hall–Kier alpha value is -2.18. The Labute approximate surface area is 153 Å². The average Bonchev–Trinajstić information content (AvgIpc) is 3.12. The van der Waals surface area contributed by atoms with E-state index in [9.17, 15) is 4.79 Å². The maximum absolute atomic E-state index is 12.4. The van der Waals surface area contributed by atoms with Gasteiger partial charge >= 0.3 is 6.03 Å². The van der Waals surface area contributed by atoms with Crippen LogP contribution in [0.2, 0.25) is 0 Å². The van der Waals surface area contributed by atoms with Gasteiger partial charge in [0.2, 0.25) is 0 Å². The third-order valence-electron chi connectivity index (χ3n) is 3.47. The molecular formula is C18H16BrN3OS. The summed E-state index contributed by atoms with van der Waals surface area (Å²) in [6, 6.07) is 15.5. The number of carbonyl (C=O) groups is 1. The highest BCUT2D eigenvalue weighted by Crippen LogP contribution is 2.24. The number of carbonyl (C=O) groups excluding carboxylic acids is 1. The lowest BCUT2D eigenvalue weighted by Crippen LogP contribution is -2.30. The number of aromatic nitrogens is 1. The Balaban J connectivity index is 1.66. The van der Waals surface area contributed by atoms with E-state index in [0.717, 1.165) is 26.3 Å². The normalized spacial score (nSPS) is 10.4. The molecule has 0 aliphatic heterocycles. The number of halogens is 1. The molecule has 1 N–H and O–H groups in total. The molecule has 2 aromatic carbocycles. The first-order valence-electron chi connectivity index (χ1n) is 7.38. The lowest BCUT2D eigenvalue weighted by molar-refractivity contribution is 0.220. The van der Waals surface area contributed by atoms with Crippen molar-refractivity contribution in [3.8, 4) is 10.6 Å². The topological polar surface area (TPSA) is 45.2 Å². The minimum absolute atomic E-state index is 0.144. The van der Waals surface area contributed by atoms with Gasteiger partial charge < -0.3 is 10.2 Å². The van der Waals surface area contributed by atoms with Crippen molar-refractivity contribution in [2.75, 3.05) is 12.4 Å². The zero-order valence-electron chi connectivity index (χ0n) is 13.1. The van der Waals surface area contributed by atoms with Crippen LogP contribution in [-0.4, -0.2) is 23.0 Å². The molecule has 122 valence electrons. The number of urea groups is 1. The van der Waals surface area contributed by atoms with Gasteiger partial charge in [-0.25, -0.2) is 9.78 Å². The van der Waals surface area contributed by atoms with Gasteiger partial charge in [0.1, 0.15) is 5.01 Å². The Morgan fingerprint density at radius 1 is 1.25 bits per heavy atom. The predicted molar refractivity (Wildman–Crippen MR) is 102 cm³/mol. The first kappa shape index (κ1) is 16.7. The van der Waals surface area contributed by atoms with Gasteiger partial charge in [-0.05, 0) is 29.8 Å². The highest BCUT2D eigenvalue weighted by Gasteiger charge is 2.10. The SMILES string of the molecule is CN(Cc1ccc(Br)cc1)C(=O)Nc1cccc(-c2nccs2)c1. The molecule has 3 rings (SSSR count). The van der Waals surface area contributed by atoms with Crippen LogP contribution in [0.3, 0.4) is 0 Å². The van der Waals surface area contributed by atoms with Crippen LogP contribution in [-0.2, 0) is 6.54 Å². The molecule has 0 unspecified atom stereocenters. The number of thiazole rings is 1. The number of nitrogens with zero attached hydrogens (tertiary/aromatic N) is 2. The molecule has 24 heavy (non-hydrogen) atoms. The van der Waals surface area contributed by atoms with Gasteiger partial charge in [-0.15, -0.1) is 11.3 Å². The van der Waals surface area contributed by atoms with E-state index in [1.54, 1.807) is 29.5 Å². The van der Waals surface area contributed by atoms with Gasteiger partial charge in [-0.3, -0.25) is 0 Å². The van der Waals surface area contributed by atoms with Crippen LogP contribution in [0.1, 0.15) is 5.56 Å². The van der Waals surface area contributed by atoms with Crippen molar-refractivity contribution in [1.29, 1.82) is 0 Å². The molecule has 0 fully saturated rings. The second-order valence-electron chi connectivity index (χ2n) is 5.33. The molecule has 1 aromatic heterocycles. The number of benzene rings is 2. The Kier molecular flexibility index (Phi) is 5.27. The molecule has 0 aliphatic rings. The maximum Gasteiger partial charge on any atom is 0.321 e. The first-order chi connectivity index (χ1) is 11.6. The molecule has 2 amide bonds. The van der Waals surface area contributed by atoms with E-state index < -0.39 is 0 Å². The van der Waals surface area contributed by atoms with Crippen molar-refractivity contribution >= 4 is 39.0 Å². The third-order valence-corrected chi connectivity index (χ3v) is 4.82. The second kappa shape index (κ2) is 7.59. The van der Waals surface area contributed by atoms with E-state index in [0.29, 0.717) is 6.54 Å². The molecule has 1 heterocycles. The molecule has 0 aliphatic carbocycles. The second-order valence-corrected chi connectivity index (χ2v) is 7.14. The lowest BCUT2D eigenvalue weighted by atomic mass is 10.2. The van der Waals surface area contributed by atoms with Gasteiger partial charge in [-0.2, -0.15) is 0 Å². The third kappa shape index (κ3) is 4.21. The molecule has 6 heteroatoms. The number of nitrogens with one attached hydrogen (secondary N) is 1. The van der Waals surface area contributed by atoms with E-state index in [2.05, 4.69) is 26.2 Å². The molecule has 0 spiro atoms. The number of hydrogen-bond acceptors (Lipinski definition) is 3. The van der Waals surface area contributed by atoms with Crippen LogP contribution >= 0.6 is 27.3 Å². The molecule has 0 saturated carbocycles. The fourth-order valence-electron chi connectivity index (χ4n) is 2.25. The highest BCUT2D eigenvalue weighted by atomic mass is 79.9. The van der Waals surface area contributed by atoms with E-state index in [1.807, 2.05) is 53.9 Å². The first-order valence-corrected chi connectivity index (χ1v) is 9.05. The van der Waals surface area contributed by atoms with Crippen molar-refractivity contribution in [3.63, 3.8) is 0 Å². The van der Waals surface area contributed by atoms with Gasteiger partial charge in [-0.1, -0.05) is 40.2 Å². The van der Waals surface area contributed by atoms with E-state index in [-0.39, 0.29) is 6.03 Å². The minimum atomic E-state index is -0.144. The molecule has 0 atom stereocenters. The van der Waals surface area contributed by atoms with Gasteiger partial charge in [0.25, 0.3) is 0 Å². The van der Waals surface area contributed by atoms with Crippen LogP contribution < -0.4 is 5.32 Å². The smallest absolute Gasteiger partial charge is 0.321 e. The van der Waals surface area contributed by atoms with Crippen LogP contribution in [0, 0.1) is 0 Å². The quantitative estimate of drug-likeness (QED) is 0.649. The zero-order valence-corrected chi connectivity index (χ0v) is 15.5. The molecule has 4 nitrogen and oxygen atoms in total. The summed E-state index contributed by atoms with van der Waals surface area (Å²) in [5.74, 6) is 0. The molecular weight excluding hydrogens is 386 g/mol. The van der Waals surface area contributed by atoms with Crippen molar-refractivity contribution in [2.24, 2.45) is 0 Å². The number of hydrogen-bond donors (Lipinski definition) is 1. The number of anilines is 1. The fraction of sp³-hybridized carbons (Fsp3) is 0.111. The number of rotatable bonds is 4. The fourth-order valence-corrected chi connectivity index (χ4v) is 3.15. The van der Waals surface area contributed by atoms with Gasteiger partial charge in [0.15, 0.2) is 0 Å². The standard InChI is InChI=1S/C18H16BrN3OS/c1-22(12-13-5-7-15(19)8-6-13)18(23)21-16-4-2-3-14(11-16)17-20-9-10-24-17/h2-11H,12H2,1H3,(H,21,23). The highest BCUT2D eigenvalue weighted by molar-refractivity contribution is 9.10. The summed E-state index contributed by atoms with van der Waals surface area (Å²) in [5.41, 5.74) is 2.83. The molecule has 0 saturated heterocycles. The zero-order chi connectivity index (χ0) is 16.9. The van der Waals surface area contributed by atoms with Gasteiger partial charge in [0.05, 0.1) is 0 Å². The summed E-state index contributed by atoms with van der Waals surface area (Å²) in [5, 5.41) is 5.81. The van der Waals surface area contributed by atoms with Crippen molar-refractivity contribution < 1.29 is 4.79 Å². The summed E-state index contributed by atoms with van der Waals surface area (Å²) in [6.07, 6.45) is 1.78. The van der Waals surface area contributed by atoms with Crippen LogP contribution in [0.15, 0.2) is 64.6 Å². The largest absolute Gasteiger partial charge is 0.323 e. The summed E-state index contributed by atoms with van der Waals surface area (Å²) >= 11 is 4.99. The Morgan fingerprint density at radius 3 is 2.75 bits per heavy atom. The van der Waals surface area contributed by atoms with Crippen molar-refractivity contribution in [2.45, 2.75) is 6.54 Å². The van der Waals surface area contributed by atoms with Crippen LogP contribution in [0.4, 0.5) is 10.5 Å². The Bertz CT molecular complexity index is 819. The lowest BCUT2D eigenvalue weighted by Gasteiger charge is -2.18. The van der Waals surface area contributed by atoms with Crippen LogP contribution in [0.25, 0.3) is 10.6 Å². The summed E-state index contributed by atoms with van der Waals surface area (Å²) < 4.78 is 1.03. The molecule has 3 aromatic rings. The Morgan fingerprint density at radius 2 is 2.04 bits per heavy atom. The predicted octanol–water partition coefficient (Wildman–Crippen LogP) is 5.24. The summed E-state index contributed by atoms with van der Waals surface area (Å²) in [4.78, 5) is 18.3. The van der Waals surface area contributed by atoms with E-state index >= 15 is 0 Å². The maximum atomic E-state index is 12.4. The molecule has 0 radical (unpaired) electrons. The average molecular weight is 402 g/mol. The number of amides is 2. The van der Waals surface area contributed by atoms with Crippen molar-refractivity contribution in [1.82, 2.24) is 9.88 Å². The van der Waals surface area contributed by atoms with Gasteiger partial charge in [0, 0.05) is 40.9 Å². The minimum Gasteiger partial charge on any atom is -0.323 e. The van der Waals surface area contributed by atoms with Crippen LogP contribution in [0.5, 0.6) is 0 Å².